The molecule has 2 aromatic rings. The van der Waals surface area contributed by atoms with Gasteiger partial charge in [-0.25, -0.2) is 9.78 Å². The van der Waals surface area contributed by atoms with Crippen molar-refractivity contribution in [3.63, 3.8) is 0 Å². The average Bonchev–Trinajstić information content (AvgIpc) is 2.39. The summed E-state index contributed by atoms with van der Waals surface area (Å²) in [6.07, 6.45) is 1.64. The van der Waals surface area contributed by atoms with Crippen molar-refractivity contribution in [2.45, 2.75) is 0 Å². The van der Waals surface area contributed by atoms with Crippen LogP contribution in [-0.4, -0.2) is 22.7 Å². The average molecular weight is 245 g/mol. The zero-order valence-corrected chi connectivity index (χ0v) is 9.45. The predicted octanol–water partition coefficient (Wildman–Crippen LogP) is 2.34. The minimum absolute atomic E-state index is 0.361. The first-order valence-corrected chi connectivity index (χ1v) is 5.27. The summed E-state index contributed by atoms with van der Waals surface area (Å²) in [5, 5.41) is 8.47. The second-order valence-corrected chi connectivity index (χ2v) is 3.42. The summed E-state index contributed by atoms with van der Waals surface area (Å²) in [5.41, 5.74) is 0. The van der Waals surface area contributed by atoms with E-state index in [1.807, 2.05) is 6.07 Å². The molecular weight excluding hydrogens is 234 g/mol. The molecule has 0 atom stereocenters. The smallest absolute Gasteiger partial charge is 0.341 e. The van der Waals surface area contributed by atoms with E-state index in [0.29, 0.717) is 17.4 Å². The molecule has 1 aromatic heterocycles. The second-order valence-electron chi connectivity index (χ2n) is 3.42. The molecule has 5 nitrogen and oxygen atoms in total. The second kappa shape index (κ2) is 5.67. The van der Waals surface area contributed by atoms with Crippen LogP contribution in [0.5, 0.6) is 17.4 Å². The third kappa shape index (κ3) is 3.48. The van der Waals surface area contributed by atoms with E-state index < -0.39 is 5.97 Å². The summed E-state index contributed by atoms with van der Waals surface area (Å²) in [5.74, 6) is 0.572. The molecule has 1 heterocycles. The Morgan fingerprint density at radius 1 is 1.11 bits per heavy atom. The van der Waals surface area contributed by atoms with Crippen LogP contribution in [0.25, 0.3) is 0 Å². The SMILES string of the molecule is O=C(O)COc1ccc(Oc2ccccn2)cc1. The number of rotatable bonds is 5. The lowest BCUT2D eigenvalue weighted by atomic mass is 10.3. The Morgan fingerprint density at radius 3 is 2.44 bits per heavy atom. The molecule has 0 aliphatic heterocycles. The Morgan fingerprint density at radius 2 is 1.83 bits per heavy atom. The summed E-state index contributed by atoms with van der Waals surface area (Å²) in [6, 6.07) is 12.0. The van der Waals surface area contributed by atoms with Gasteiger partial charge in [-0.15, -0.1) is 0 Å². The van der Waals surface area contributed by atoms with E-state index in [1.54, 1.807) is 42.6 Å². The molecule has 0 unspecified atom stereocenters. The van der Waals surface area contributed by atoms with Gasteiger partial charge in [0.1, 0.15) is 11.5 Å². The lowest BCUT2D eigenvalue weighted by molar-refractivity contribution is -0.139. The Labute approximate surface area is 104 Å². The van der Waals surface area contributed by atoms with Gasteiger partial charge in [0, 0.05) is 12.3 Å². The van der Waals surface area contributed by atoms with Gasteiger partial charge in [-0.2, -0.15) is 0 Å². The van der Waals surface area contributed by atoms with Crippen LogP contribution in [0.1, 0.15) is 0 Å². The van der Waals surface area contributed by atoms with Crippen LogP contribution in [-0.2, 0) is 4.79 Å². The highest BCUT2D eigenvalue weighted by Crippen LogP contribution is 2.21. The summed E-state index contributed by atoms with van der Waals surface area (Å²) >= 11 is 0. The fraction of sp³-hybridized carbons (Fsp3) is 0.0769. The van der Waals surface area contributed by atoms with Crippen LogP contribution >= 0.6 is 0 Å². The molecule has 0 saturated carbocycles. The fourth-order valence-electron chi connectivity index (χ4n) is 1.28. The van der Waals surface area contributed by atoms with Crippen LogP contribution in [0.2, 0.25) is 0 Å². The predicted molar refractivity (Wildman–Crippen MR) is 63.9 cm³/mol. The van der Waals surface area contributed by atoms with Gasteiger partial charge in [0.2, 0.25) is 5.88 Å². The monoisotopic (exact) mass is 245 g/mol. The maximum Gasteiger partial charge on any atom is 0.341 e. The molecule has 5 heteroatoms. The molecular formula is C13H11NO4. The van der Waals surface area contributed by atoms with Crippen molar-refractivity contribution in [2.24, 2.45) is 0 Å². The molecule has 0 aliphatic rings. The normalized spacial score (nSPS) is 9.78. The van der Waals surface area contributed by atoms with E-state index in [2.05, 4.69) is 4.98 Å². The number of carboxylic acids is 1. The van der Waals surface area contributed by atoms with Gasteiger partial charge in [0.05, 0.1) is 0 Å². The molecule has 92 valence electrons. The van der Waals surface area contributed by atoms with E-state index in [-0.39, 0.29) is 6.61 Å². The van der Waals surface area contributed by atoms with Crippen molar-refractivity contribution in [3.05, 3.63) is 48.7 Å². The van der Waals surface area contributed by atoms with Crippen LogP contribution in [0.15, 0.2) is 48.7 Å². The zero-order chi connectivity index (χ0) is 12.8. The fourth-order valence-corrected chi connectivity index (χ4v) is 1.28. The lowest BCUT2D eigenvalue weighted by Gasteiger charge is -2.06. The lowest BCUT2D eigenvalue weighted by Crippen LogP contribution is -2.09. The van der Waals surface area contributed by atoms with Gasteiger partial charge >= 0.3 is 5.97 Å². The first-order chi connectivity index (χ1) is 8.74. The third-order valence-corrected chi connectivity index (χ3v) is 2.05. The van der Waals surface area contributed by atoms with Crippen molar-refractivity contribution in [3.8, 4) is 17.4 Å². The largest absolute Gasteiger partial charge is 0.482 e. The summed E-state index contributed by atoms with van der Waals surface area (Å²) in [6.45, 7) is -0.361. The number of aliphatic carboxylic acids is 1. The van der Waals surface area contributed by atoms with E-state index in [4.69, 9.17) is 14.6 Å². The summed E-state index contributed by atoms with van der Waals surface area (Å²) in [4.78, 5) is 14.3. The number of pyridine rings is 1. The molecule has 0 radical (unpaired) electrons. The van der Waals surface area contributed by atoms with E-state index in [0.717, 1.165) is 0 Å². The topological polar surface area (TPSA) is 68.7 Å². The number of aromatic nitrogens is 1. The Hall–Kier alpha value is -2.56. The van der Waals surface area contributed by atoms with Crippen LogP contribution < -0.4 is 9.47 Å². The highest BCUT2D eigenvalue weighted by Gasteiger charge is 2.01. The number of hydrogen-bond donors (Lipinski definition) is 1. The minimum Gasteiger partial charge on any atom is -0.482 e. The van der Waals surface area contributed by atoms with Gasteiger partial charge in [0.15, 0.2) is 6.61 Å². The number of benzene rings is 1. The van der Waals surface area contributed by atoms with Gasteiger partial charge in [-0.1, -0.05) is 6.07 Å². The maximum absolute atomic E-state index is 10.3. The van der Waals surface area contributed by atoms with Gasteiger partial charge in [-0.05, 0) is 30.3 Å². The van der Waals surface area contributed by atoms with Crippen molar-refractivity contribution in [1.29, 1.82) is 0 Å². The number of carbonyl (C=O) groups is 1. The summed E-state index contributed by atoms with van der Waals surface area (Å²) < 4.78 is 10.5. The van der Waals surface area contributed by atoms with Crippen molar-refractivity contribution < 1.29 is 19.4 Å². The number of nitrogens with zero attached hydrogens (tertiary/aromatic N) is 1. The van der Waals surface area contributed by atoms with Crippen molar-refractivity contribution in [1.82, 2.24) is 4.98 Å². The highest BCUT2D eigenvalue weighted by molar-refractivity contribution is 5.68. The standard InChI is InChI=1S/C13H11NO4/c15-13(16)9-17-10-4-6-11(7-5-10)18-12-3-1-2-8-14-12/h1-8H,9H2,(H,15,16). The first-order valence-electron chi connectivity index (χ1n) is 5.27. The molecule has 0 spiro atoms. The molecule has 0 aliphatic carbocycles. The molecule has 0 amide bonds. The Kier molecular flexibility index (Phi) is 3.76. The molecule has 0 bridgehead atoms. The van der Waals surface area contributed by atoms with E-state index in [9.17, 15) is 4.79 Å². The Bertz CT molecular complexity index is 510. The first kappa shape index (κ1) is 11.9. The van der Waals surface area contributed by atoms with Gasteiger partial charge in [-0.3, -0.25) is 0 Å². The van der Waals surface area contributed by atoms with Crippen molar-refractivity contribution in [2.75, 3.05) is 6.61 Å². The van der Waals surface area contributed by atoms with Crippen LogP contribution in [0.3, 0.4) is 0 Å². The summed E-state index contributed by atoms with van der Waals surface area (Å²) in [7, 11) is 0. The molecule has 2 rings (SSSR count). The number of hydrogen-bond acceptors (Lipinski definition) is 4. The minimum atomic E-state index is -1.01. The van der Waals surface area contributed by atoms with Crippen molar-refractivity contribution >= 4 is 5.97 Å². The Balaban J connectivity index is 1.97. The molecule has 1 N–H and O–H groups in total. The number of ether oxygens (including phenoxy) is 2. The highest BCUT2D eigenvalue weighted by atomic mass is 16.5. The van der Waals surface area contributed by atoms with Gasteiger partial charge in [0.25, 0.3) is 0 Å². The third-order valence-electron chi connectivity index (χ3n) is 2.05. The molecule has 1 aromatic carbocycles. The van der Waals surface area contributed by atoms with Crippen LogP contribution in [0, 0.1) is 0 Å². The molecule has 18 heavy (non-hydrogen) atoms. The van der Waals surface area contributed by atoms with E-state index in [1.165, 1.54) is 0 Å². The molecule has 0 fully saturated rings. The quantitative estimate of drug-likeness (QED) is 0.875. The number of carboxylic acid groups (broad SMARTS) is 1. The maximum atomic E-state index is 10.3. The molecule has 0 saturated heterocycles. The van der Waals surface area contributed by atoms with E-state index >= 15 is 0 Å². The zero-order valence-electron chi connectivity index (χ0n) is 9.45. The van der Waals surface area contributed by atoms with Crippen LogP contribution in [0.4, 0.5) is 0 Å². The van der Waals surface area contributed by atoms with Gasteiger partial charge < -0.3 is 14.6 Å².